The van der Waals surface area contributed by atoms with Crippen molar-refractivity contribution in [1.29, 1.82) is 0 Å². The Bertz CT molecular complexity index is 353. The average molecular weight is 222 g/mol. The fourth-order valence-corrected chi connectivity index (χ4v) is 1.38. The van der Waals surface area contributed by atoms with Gasteiger partial charge in [0.05, 0.1) is 6.61 Å². The van der Waals surface area contributed by atoms with Gasteiger partial charge in [-0.15, -0.1) is 0 Å². The number of hydrogen-bond donors (Lipinski definition) is 2. The average Bonchev–Trinajstić information content (AvgIpc) is 2.30. The largest absolute Gasteiger partial charge is 0.380 e. The number of nitrogens with two attached hydrogens (primary N) is 1. The Morgan fingerprint density at radius 1 is 1.50 bits per heavy atom. The van der Waals surface area contributed by atoms with Crippen LogP contribution in [0.5, 0.6) is 0 Å². The molecule has 0 aliphatic rings. The maximum atomic E-state index is 11.9. The lowest BCUT2D eigenvalue weighted by atomic mass is 10.1. The van der Waals surface area contributed by atoms with Gasteiger partial charge in [-0.3, -0.25) is 4.79 Å². The van der Waals surface area contributed by atoms with Crippen LogP contribution in [0, 0.1) is 0 Å². The molecule has 1 aromatic carbocycles. The Kier molecular flexibility index (Phi) is 4.95. The summed E-state index contributed by atoms with van der Waals surface area (Å²) in [6.07, 6.45) is 0. The third kappa shape index (κ3) is 3.32. The van der Waals surface area contributed by atoms with E-state index in [9.17, 15) is 4.79 Å². The molecule has 0 saturated carbocycles. The molecule has 0 heterocycles. The Balaban J connectivity index is 2.81. The van der Waals surface area contributed by atoms with Crippen molar-refractivity contribution in [1.82, 2.24) is 5.32 Å². The normalized spacial score (nSPS) is 12.2. The van der Waals surface area contributed by atoms with Crippen molar-refractivity contribution in [2.75, 3.05) is 13.7 Å². The van der Waals surface area contributed by atoms with E-state index in [1.807, 2.05) is 25.1 Å². The Hall–Kier alpha value is -1.39. The standard InChI is InChI=1S/C12H18N2O2/c1-9(7-13)14-12(15)11-6-4-3-5-10(11)8-16-2/h3-6,9H,7-8,13H2,1-2H3,(H,14,15)/t9-/m0/s1. The molecular formula is C12H18N2O2. The van der Waals surface area contributed by atoms with Gasteiger partial charge >= 0.3 is 0 Å². The molecule has 0 radical (unpaired) electrons. The number of nitrogens with one attached hydrogen (secondary N) is 1. The predicted molar refractivity (Wildman–Crippen MR) is 63.1 cm³/mol. The van der Waals surface area contributed by atoms with Crippen LogP contribution >= 0.6 is 0 Å². The molecule has 0 aliphatic carbocycles. The first-order chi connectivity index (χ1) is 7.69. The van der Waals surface area contributed by atoms with E-state index in [-0.39, 0.29) is 11.9 Å². The van der Waals surface area contributed by atoms with Gasteiger partial charge in [-0.25, -0.2) is 0 Å². The molecular weight excluding hydrogens is 204 g/mol. The molecule has 0 fully saturated rings. The van der Waals surface area contributed by atoms with Crippen molar-refractivity contribution >= 4 is 5.91 Å². The molecule has 0 saturated heterocycles. The topological polar surface area (TPSA) is 64.3 Å². The highest BCUT2D eigenvalue weighted by Crippen LogP contribution is 2.09. The smallest absolute Gasteiger partial charge is 0.251 e. The first kappa shape index (κ1) is 12.7. The number of carbonyl (C=O) groups excluding carboxylic acids is 1. The zero-order valence-corrected chi connectivity index (χ0v) is 9.69. The lowest BCUT2D eigenvalue weighted by molar-refractivity contribution is 0.0936. The van der Waals surface area contributed by atoms with Crippen LogP contribution in [0.15, 0.2) is 24.3 Å². The SMILES string of the molecule is COCc1ccccc1C(=O)N[C@@H](C)CN. The van der Waals surface area contributed by atoms with Crippen molar-refractivity contribution in [2.24, 2.45) is 5.73 Å². The van der Waals surface area contributed by atoms with E-state index in [2.05, 4.69) is 5.32 Å². The van der Waals surface area contributed by atoms with Gasteiger partial charge in [0.25, 0.3) is 5.91 Å². The molecule has 0 aromatic heterocycles. The zero-order valence-electron chi connectivity index (χ0n) is 9.69. The van der Waals surface area contributed by atoms with Gasteiger partial charge in [-0.05, 0) is 18.6 Å². The molecule has 0 unspecified atom stereocenters. The predicted octanol–water partition coefficient (Wildman–Crippen LogP) is 0.910. The van der Waals surface area contributed by atoms with Crippen molar-refractivity contribution in [3.05, 3.63) is 35.4 Å². The lowest BCUT2D eigenvalue weighted by Crippen LogP contribution is -2.38. The number of carbonyl (C=O) groups is 1. The van der Waals surface area contributed by atoms with Crippen LogP contribution in [0.4, 0.5) is 0 Å². The molecule has 1 rings (SSSR count). The van der Waals surface area contributed by atoms with Crippen LogP contribution in [0.2, 0.25) is 0 Å². The van der Waals surface area contributed by atoms with Gasteiger partial charge in [0.15, 0.2) is 0 Å². The van der Waals surface area contributed by atoms with Gasteiger partial charge < -0.3 is 15.8 Å². The molecule has 0 aliphatic heterocycles. The van der Waals surface area contributed by atoms with Gasteiger partial charge in [0.1, 0.15) is 0 Å². The Morgan fingerprint density at radius 2 is 2.19 bits per heavy atom. The zero-order chi connectivity index (χ0) is 12.0. The maximum Gasteiger partial charge on any atom is 0.251 e. The van der Waals surface area contributed by atoms with Gasteiger partial charge in [-0.2, -0.15) is 0 Å². The number of amides is 1. The minimum Gasteiger partial charge on any atom is -0.380 e. The highest BCUT2D eigenvalue weighted by atomic mass is 16.5. The van der Waals surface area contributed by atoms with Crippen LogP contribution in [0.1, 0.15) is 22.8 Å². The van der Waals surface area contributed by atoms with Crippen LogP contribution in [-0.4, -0.2) is 25.6 Å². The minimum atomic E-state index is -0.106. The second-order valence-corrected chi connectivity index (χ2v) is 3.70. The van der Waals surface area contributed by atoms with Crippen LogP contribution in [0.3, 0.4) is 0 Å². The second kappa shape index (κ2) is 6.25. The lowest BCUT2D eigenvalue weighted by Gasteiger charge is -2.13. The van der Waals surface area contributed by atoms with Crippen molar-refractivity contribution in [3.63, 3.8) is 0 Å². The van der Waals surface area contributed by atoms with E-state index in [1.54, 1.807) is 13.2 Å². The Labute approximate surface area is 95.8 Å². The van der Waals surface area contributed by atoms with E-state index >= 15 is 0 Å². The molecule has 1 atom stereocenters. The second-order valence-electron chi connectivity index (χ2n) is 3.70. The quantitative estimate of drug-likeness (QED) is 0.778. The molecule has 3 N–H and O–H groups in total. The first-order valence-electron chi connectivity index (χ1n) is 5.26. The summed E-state index contributed by atoms with van der Waals surface area (Å²) in [4.78, 5) is 11.9. The van der Waals surface area contributed by atoms with Crippen molar-refractivity contribution in [2.45, 2.75) is 19.6 Å². The fourth-order valence-electron chi connectivity index (χ4n) is 1.38. The fraction of sp³-hybridized carbons (Fsp3) is 0.417. The Morgan fingerprint density at radius 3 is 2.81 bits per heavy atom. The van der Waals surface area contributed by atoms with Crippen molar-refractivity contribution in [3.8, 4) is 0 Å². The summed E-state index contributed by atoms with van der Waals surface area (Å²) >= 11 is 0. The summed E-state index contributed by atoms with van der Waals surface area (Å²) in [7, 11) is 1.61. The molecule has 4 nitrogen and oxygen atoms in total. The number of methoxy groups -OCH3 is 1. The molecule has 88 valence electrons. The molecule has 16 heavy (non-hydrogen) atoms. The van der Waals surface area contributed by atoms with Gasteiger partial charge in [0.2, 0.25) is 0 Å². The summed E-state index contributed by atoms with van der Waals surface area (Å²) in [5.41, 5.74) is 6.98. The number of hydrogen-bond acceptors (Lipinski definition) is 3. The highest BCUT2D eigenvalue weighted by Gasteiger charge is 2.12. The summed E-state index contributed by atoms with van der Waals surface area (Å²) in [6, 6.07) is 7.36. The molecule has 1 aromatic rings. The van der Waals surface area contributed by atoms with E-state index in [0.717, 1.165) is 5.56 Å². The highest BCUT2D eigenvalue weighted by molar-refractivity contribution is 5.95. The molecule has 1 amide bonds. The van der Waals surface area contributed by atoms with Gasteiger partial charge in [0, 0.05) is 25.3 Å². The molecule has 0 bridgehead atoms. The number of benzene rings is 1. The van der Waals surface area contributed by atoms with Crippen LogP contribution in [-0.2, 0) is 11.3 Å². The number of ether oxygens (including phenoxy) is 1. The van der Waals surface area contributed by atoms with Crippen LogP contribution < -0.4 is 11.1 Å². The van der Waals surface area contributed by atoms with E-state index in [0.29, 0.717) is 18.7 Å². The summed E-state index contributed by atoms with van der Waals surface area (Å²) in [5.74, 6) is -0.106. The number of rotatable bonds is 5. The van der Waals surface area contributed by atoms with E-state index in [4.69, 9.17) is 10.5 Å². The van der Waals surface area contributed by atoms with Crippen LogP contribution in [0.25, 0.3) is 0 Å². The third-order valence-corrected chi connectivity index (χ3v) is 2.29. The summed E-state index contributed by atoms with van der Waals surface area (Å²) < 4.78 is 5.05. The summed E-state index contributed by atoms with van der Waals surface area (Å²) in [6.45, 7) is 2.73. The monoisotopic (exact) mass is 222 g/mol. The molecule has 0 spiro atoms. The van der Waals surface area contributed by atoms with E-state index < -0.39 is 0 Å². The minimum absolute atomic E-state index is 0.0249. The van der Waals surface area contributed by atoms with Gasteiger partial charge in [-0.1, -0.05) is 18.2 Å². The maximum absolute atomic E-state index is 11.9. The van der Waals surface area contributed by atoms with E-state index in [1.165, 1.54) is 0 Å². The van der Waals surface area contributed by atoms with Crippen molar-refractivity contribution < 1.29 is 9.53 Å². The summed E-state index contributed by atoms with van der Waals surface area (Å²) in [5, 5.41) is 2.83. The third-order valence-electron chi connectivity index (χ3n) is 2.29. The molecule has 4 heteroatoms. The first-order valence-corrected chi connectivity index (χ1v) is 5.26.